The lowest BCUT2D eigenvalue weighted by atomic mass is 10.1. The van der Waals surface area contributed by atoms with E-state index in [1.165, 1.54) is 7.11 Å². The molecule has 0 bridgehead atoms. The van der Waals surface area contributed by atoms with Gasteiger partial charge in [0.15, 0.2) is 11.7 Å². The van der Waals surface area contributed by atoms with Crippen LogP contribution in [0.5, 0.6) is 11.5 Å². The molecule has 166 valence electrons. The van der Waals surface area contributed by atoms with Crippen molar-refractivity contribution in [1.29, 1.82) is 0 Å². The summed E-state index contributed by atoms with van der Waals surface area (Å²) in [5.74, 6) is 0.676. The fourth-order valence-electron chi connectivity index (χ4n) is 2.70. The van der Waals surface area contributed by atoms with E-state index in [1.54, 1.807) is 18.2 Å². The Kier molecular flexibility index (Phi) is 9.27. The van der Waals surface area contributed by atoms with Crippen molar-refractivity contribution in [1.82, 2.24) is 5.32 Å². The molecular formula is C23H29N3O4S. The third kappa shape index (κ3) is 7.90. The third-order valence-electron chi connectivity index (χ3n) is 4.59. The second-order valence-corrected chi connectivity index (χ2v) is 7.51. The first kappa shape index (κ1) is 24.1. The number of nitrogens with one attached hydrogen (secondary N) is 3. The van der Waals surface area contributed by atoms with Gasteiger partial charge in [-0.1, -0.05) is 19.4 Å². The van der Waals surface area contributed by atoms with Gasteiger partial charge < -0.3 is 20.1 Å². The Labute approximate surface area is 188 Å². The van der Waals surface area contributed by atoms with E-state index in [4.69, 9.17) is 21.7 Å². The Hall–Kier alpha value is -3.13. The van der Waals surface area contributed by atoms with Gasteiger partial charge in [0.25, 0.3) is 5.91 Å². The molecule has 0 saturated carbocycles. The first-order chi connectivity index (χ1) is 14.8. The Morgan fingerprint density at radius 3 is 2.45 bits per heavy atom. The van der Waals surface area contributed by atoms with Crippen LogP contribution in [0.4, 0.5) is 11.4 Å². The largest absolute Gasteiger partial charge is 0.494 e. The quantitative estimate of drug-likeness (QED) is 0.500. The number of unbranched alkanes of at least 4 members (excludes halogenated alkanes) is 1. The molecule has 0 atom stereocenters. The number of ether oxygens (including phenoxy) is 2. The van der Waals surface area contributed by atoms with E-state index in [2.05, 4.69) is 16.0 Å². The Bertz CT molecular complexity index is 946. The van der Waals surface area contributed by atoms with Gasteiger partial charge >= 0.3 is 0 Å². The molecule has 0 aliphatic rings. The summed E-state index contributed by atoms with van der Waals surface area (Å²) in [6.07, 6.45) is 2.24. The minimum atomic E-state index is -0.373. The van der Waals surface area contributed by atoms with Crippen LogP contribution >= 0.6 is 12.2 Å². The van der Waals surface area contributed by atoms with E-state index in [-0.39, 0.29) is 23.5 Å². The summed E-state index contributed by atoms with van der Waals surface area (Å²) < 4.78 is 10.9. The number of carbonyl (C=O) groups excluding carboxylic acids is 2. The number of methoxy groups -OCH3 is 1. The molecule has 3 N–H and O–H groups in total. The third-order valence-corrected chi connectivity index (χ3v) is 4.80. The predicted octanol–water partition coefficient (Wildman–Crippen LogP) is 4.33. The summed E-state index contributed by atoms with van der Waals surface area (Å²) in [4.78, 5) is 24.1. The van der Waals surface area contributed by atoms with E-state index in [1.807, 2.05) is 39.0 Å². The molecule has 0 heterocycles. The average Bonchev–Trinajstić information content (AvgIpc) is 2.74. The molecule has 2 amide bonds. The van der Waals surface area contributed by atoms with E-state index in [9.17, 15) is 9.59 Å². The lowest BCUT2D eigenvalue weighted by molar-refractivity contribution is -0.121. The predicted molar refractivity (Wildman–Crippen MR) is 127 cm³/mol. The zero-order valence-electron chi connectivity index (χ0n) is 18.3. The number of thiocarbonyl (C=S) groups is 1. The zero-order valence-corrected chi connectivity index (χ0v) is 19.2. The lowest BCUT2D eigenvalue weighted by Gasteiger charge is -2.14. The van der Waals surface area contributed by atoms with E-state index in [0.29, 0.717) is 29.3 Å². The fraction of sp³-hybridized carbons (Fsp3) is 0.348. The number of benzene rings is 2. The Morgan fingerprint density at radius 2 is 1.77 bits per heavy atom. The maximum atomic E-state index is 12.1. The van der Waals surface area contributed by atoms with Crippen LogP contribution in [0.2, 0.25) is 0 Å². The number of amides is 2. The van der Waals surface area contributed by atoms with Crippen molar-refractivity contribution in [2.75, 3.05) is 24.4 Å². The molecular weight excluding hydrogens is 414 g/mol. The van der Waals surface area contributed by atoms with Crippen molar-refractivity contribution in [3.05, 3.63) is 47.5 Å². The van der Waals surface area contributed by atoms with Crippen LogP contribution in [0.15, 0.2) is 36.4 Å². The van der Waals surface area contributed by atoms with Crippen molar-refractivity contribution >= 4 is 40.5 Å². The molecule has 0 aliphatic carbocycles. The Balaban J connectivity index is 1.88. The van der Waals surface area contributed by atoms with Gasteiger partial charge in [0.1, 0.15) is 11.5 Å². The van der Waals surface area contributed by atoms with Crippen LogP contribution in [0.3, 0.4) is 0 Å². The standard InChI is InChI=1S/C23H29N3O4S/c1-5-6-7-21(27)25-19-11-9-17(13-20(19)29-4)24-23(31)26-22(28)14-30-18-10-8-15(2)16(3)12-18/h8-13H,5-7,14H2,1-4H3,(H,25,27)(H2,24,26,28,31). The minimum Gasteiger partial charge on any atom is -0.494 e. The Morgan fingerprint density at radius 1 is 1.00 bits per heavy atom. The molecule has 0 spiro atoms. The highest BCUT2D eigenvalue weighted by molar-refractivity contribution is 7.80. The maximum Gasteiger partial charge on any atom is 0.264 e. The normalized spacial score (nSPS) is 10.2. The van der Waals surface area contributed by atoms with Gasteiger partial charge in [0, 0.05) is 18.2 Å². The molecule has 0 fully saturated rings. The number of rotatable bonds is 9. The molecule has 0 aromatic heterocycles. The first-order valence-electron chi connectivity index (χ1n) is 10.1. The van der Waals surface area contributed by atoms with Gasteiger partial charge in [-0.25, -0.2) is 0 Å². The summed E-state index contributed by atoms with van der Waals surface area (Å²) in [6.45, 7) is 5.87. The molecule has 0 saturated heterocycles. The first-order valence-corrected chi connectivity index (χ1v) is 10.5. The van der Waals surface area contributed by atoms with Crippen LogP contribution in [-0.4, -0.2) is 30.6 Å². The molecule has 2 rings (SSSR count). The molecule has 0 unspecified atom stereocenters. The topological polar surface area (TPSA) is 88.7 Å². The number of anilines is 2. The van der Waals surface area contributed by atoms with Crippen molar-refractivity contribution in [3.63, 3.8) is 0 Å². The molecule has 2 aromatic rings. The van der Waals surface area contributed by atoms with Crippen LogP contribution in [0.25, 0.3) is 0 Å². The van der Waals surface area contributed by atoms with Gasteiger partial charge in [-0.05, 0) is 67.9 Å². The summed E-state index contributed by atoms with van der Waals surface area (Å²) >= 11 is 5.20. The van der Waals surface area contributed by atoms with Gasteiger partial charge in [-0.2, -0.15) is 0 Å². The van der Waals surface area contributed by atoms with Crippen molar-refractivity contribution in [2.45, 2.75) is 40.0 Å². The van der Waals surface area contributed by atoms with Gasteiger partial charge in [0.05, 0.1) is 12.8 Å². The number of hydrogen-bond donors (Lipinski definition) is 3. The minimum absolute atomic E-state index is 0.0626. The van der Waals surface area contributed by atoms with Crippen LogP contribution in [0, 0.1) is 13.8 Å². The van der Waals surface area contributed by atoms with Gasteiger partial charge in [0.2, 0.25) is 5.91 Å². The second-order valence-electron chi connectivity index (χ2n) is 7.10. The number of aryl methyl sites for hydroxylation is 2. The molecule has 31 heavy (non-hydrogen) atoms. The summed E-state index contributed by atoms with van der Waals surface area (Å²) in [7, 11) is 1.52. The van der Waals surface area contributed by atoms with E-state index in [0.717, 1.165) is 24.0 Å². The monoisotopic (exact) mass is 443 g/mol. The maximum absolute atomic E-state index is 12.1. The SMILES string of the molecule is CCCCC(=O)Nc1ccc(NC(=S)NC(=O)COc2ccc(C)c(C)c2)cc1OC. The average molecular weight is 444 g/mol. The molecule has 0 aliphatic heterocycles. The fourth-order valence-corrected chi connectivity index (χ4v) is 2.93. The van der Waals surface area contributed by atoms with Crippen LogP contribution < -0.4 is 25.4 Å². The highest BCUT2D eigenvalue weighted by Gasteiger charge is 2.11. The summed E-state index contributed by atoms with van der Waals surface area (Å²) in [5, 5.41) is 8.48. The van der Waals surface area contributed by atoms with Crippen molar-refractivity contribution in [3.8, 4) is 11.5 Å². The molecule has 8 heteroatoms. The molecule has 0 radical (unpaired) electrons. The van der Waals surface area contributed by atoms with E-state index >= 15 is 0 Å². The van der Waals surface area contributed by atoms with Crippen LogP contribution in [-0.2, 0) is 9.59 Å². The van der Waals surface area contributed by atoms with Gasteiger partial charge in [-0.3, -0.25) is 14.9 Å². The number of carbonyl (C=O) groups is 2. The van der Waals surface area contributed by atoms with Gasteiger partial charge in [-0.15, -0.1) is 0 Å². The summed E-state index contributed by atoms with van der Waals surface area (Å²) in [6, 6.07) is 10.8. The van der Waals surface area contributed by atoms with E-state index < -0.39 is 0 Å². The van der Waals surface area contributed by atoms with Crippen molar-refractivity contribution < 1.29 is 19.1 Å². The lowest BCUT2D eigenvalue weighted by Crippen LogP contribution is -2.37. The molecule has 2 aromatic carbocycles. The second kappa shape index (κ2) is 11.9. The highest BCUT2D eigenvalue weighted by atomic mass is 32.1. The zero-order chi connectivity index (χ0) is 22.8. The number of hydrogen-bond acceptors (Lipinski definition) is 5. The smallest absolute Gasteiger partial charge is 0.264 e. The summed E-state index contributed by atoms with van der Waals surface area (Å²) in [5.41, 5.74) is 3.44. The van der Waals surface area contributed by atoms with Crippen molar-refractivity contribution in [2.24, 2.45) is 0 Å². The highest BCUT2D eigenvalue weighted by Crippen LogP contribution is 2.28. The van der Waals surface area contributed by atoms with Crippen LogP contribution in [0.1, 0.15) is 37.3 Å². The molecule has 7 nitrogen and oxygen atoms in total.